The molecule has 564 valence electrons. The standard InChI is InChI=1S/C38H29N3.C37H27N3.C35H23N3/c1-38(2,3)25-19-20-35-32(22-25)29-15-8-9-18-34(29)41(35)26-12-10-11-24(21-26)33-23-39-36-30-16-6-4-13-27(30)28-14-5-7-17-31(28)37(36)40-33;1-23(2)24-18-19-35-32(21-24)29-14-7-8-17-34(29)40(35)26-11-9-10-25(20-26)33-22-38-36-30-15-5-3-12-27(30)28-13-4-6-16-31(28)37(36)39-33;1-22-17-18-33-30(19-22)27-13-6-7-16-32(27)38(33)24-10-8-9-23(20-24)31-21-36-34-28-14-4-2-11-25(28)26-12-3-5-15-29(26)35(34)37-31/h4-23H,1-3H3;3-23H,1-2H3;2-21H,1H3. The fraction of sp³-hybridized carbons (Fsp3) is 0.0727. The number of nitrogens with zero attached hydrogens (tertiary/aromatic N) is 9. The minimum Gasteiger partial charge on any atom is -0.309 e. The van der Waals surface area contributed by atoms with Crippen LogP contribution < -0.4 is 0 Å². The van der Waals surface area contributed by atoms with Gasteiger partial charge in [-0.1, -0.05) is 295 Å². The Morgan fingerprint density at radius 2 is 0.513 bits per heavy atom. The Balaban J connectivity index is 0.000000107. The molecular weight excluding hydrogens is 1450 g/mol. The quantitative estimate of drug-likeness (QED) is 0.148. The molecule has 0 aliphatic rings. The van der Waals surface area contributed by atoms with E-state index in [2.05, 4.69) is 401 Å². The van der Waals surface area contributed by atoms with Crippen LogP contribution in [-0.4, -0.2) is 43.6 Å². The molecule has 0 saturated carbocycles. The van der Waals surface area contributed by atoms with E-state index in [9.17, 15) is 0 Å². The fourth-order valence-electron chi connectivity index (χ4n) is 18.4. The van der Waals surface area contributed by atoms with E-state index in [1.807, 2.05) is 18.6 Å². The molecule has 9 nitrogen and oxygen atoms in total. The number of hydrogen-bond donors (Lipinski definition) is 0. The van der Waals surface area contributed by atoms with E-state index in [1.54, 1.807) is 0 Å². The van der Waals surface area contributed by atoms with Gasteiger partial charge in [-0.15, -0.1) is 0 Å². The number of fused-ring (bicyclic) bond motifs is 27. The third kappa shape index (κ3) is 11.8. The number of rotatable bonds is 7. The zero-order valence-corrected chi connectivity index (χ0v) is 66.7. The van der Waals surface area contributed by atoms with Gasteiger partial charge in [-0.3, -0.25) is 15.0 Å². The van der Waals surface area contributed by atoms with Crippen molar-refractivity contribution in [1.29, 1.82) is 0 Å². The first kappa shape index (κ1) is 70.6. The smallest absolute Gasteiger partial charge is 0.0979 e. The van der Waals surface area contributed by atoms with Crippen LogP contribution in [0.1, 0.15) is 57.2 Å². The fourth-order valence-corrected chi connectivity index (χ4v) is 18.4. The normalized spacial score (nSPS) is 12.0. The molecule has 24 aromatic rings. The van der Waals surface area contributed by atoms with Crippen LogP contribution in [0.3, 0.4) is 0 Å². The summed E-state index contributed by atoms with van der Waals surface area (Å²) in [5.41, 5.74) is 26.0. The summed E-state index contributed by atoms with van der Waals surface area (Å²) in [6, 6.07) is 123. The maximum atomic E-state index is 5.24. The zero-order chi connectivity index (χ0) is 79.7. The van der Waals surface area contributed by atoms with Crippen molar-refractivity contribution < 1.29 is 0 Å². The average molecular weight is 1530 g/mol. The van der Waals surface area contributed by atoms with Crippen molar-refractivity contribution in [2.75, 3.05) is 0 Å². The third-order valence-corrected chi connectivity index (χ3v) is 24.2. The van der Waals surface area contributed by atoms with Gasteiger partial charge in [0, 0.05) is 98.4 Å². The number of benzene rings is 18. The van der Waals surface area contributed by atoms with Gasteiger partial charge < -0.3 is 13.7 Å². The molecule has 119 heavy (non-hydrogen) atoms. The Labute approximate surface area is 687 Å². The summed E-state index contributed by atoms with van der Waals surface area (Å²) < 4.78 is 7.10. The molecule has 0 atom stereocenters. The molecule has 0 unspecified atom stereocenters. The summed E-state index contributed by atoms with van der Waals surface area (Å²) in [5, 5.41) is 21.7. The highest BCUT2D eigenvalue weighted by molar-refractivity contribution is 6.26. The Morgan fingerprint density at radius 3 is 0.849 bits per heavy atom. The average Bonchev–Trinajstić information content (AvgIpc) is 1.43. The summed E-state index contributed by atoms with van der Waals surface area (Å²) in [5.74, 6) is 0.481. The summed E-state index contributed by atoms with van der Waals surface area (Å²) in [7, 11) is 0. The summed E-state index contributed by atoms with van der Waals surface area (Å²) in [4.78, 5) is 30.6. The lowest BCUT2D eigenvalue weighted by Gasteiger charge is -2.19. The monoisotopic (exact) mass is 1530 g/mol. The first-order chi connectivity index (χ1) is 58.4. The predicted octanol–water partition coefficient (Wildman–Crippen LogP) is 28.8. The highest BCUT2D eigenvalue weighted by Gasteiger charge is 2.23. The van der Waals surface area contributed by atoms with Crippen molar-refractivity contribution in [2.45, 2.75) is 52.9 Å². The number of aryl methyl sites for hydroxylation is 1. The highest BCUT2D eigenvalue weighted by atomic mass is 15.0. The SMILES string of the molecule is CC(C)(C)c1ccc2c(c1)c1ccccc1n2-c1cccc(-c2cnc3c4ccccc4c4ccccc4c3n2)c1.CC(C)c1ccc2c(c1)c1ccccc1n2-c1cccc(-c2cnc3c4ccccc4c4ccccc4c3n2)c1.Cc1ccc2c(c1)c1ccccc1n2-c1cccc(-c2cnc3c4ccccc4c4ccccc4c3n2)c1. The van der Waals surface area contributed by atoms with Gasteiger partial charge in [0.2, 0.25) is 0 Å². The van der Waals surface area contributed by atoms with Gasteiger partial charge in [0.05, 0.1) is 102 Å². The van der Waals surface area contributed by atoms with E-state index < -0.39 is 0 Å². The van der Waals surface area contributed by atoms with Gasteiger partial charge in [0.15, 0.2) is 0 Å². The molecule has 0 N–H and O–H groups in total. The van der Waals surface area contributed by atoms with Crippen LogP contribution in [0.4, 0.5) is 0 Å². The largest absolute Gasteiger partial charge is 0.309 e. The van der Waals surface area contributed by atoms with Gasteiger partial charge in [0.25, 0.3) is 0 Å². The first-order valence-electron chi connectivity index (χ1n) is 41.0. The molecule has 0 saturated heterocycles. The maximum absolute atomic E-state index is 5.24. The van der Waals surface area contributed by atoms with E-state index in [4.69, 9.17) is 29.9 Å². The molecule has 6 aromatic heterocycles. The van der Waals surface area contributed by atoms with Crippen molar-refractivity contribution in [3.05, 3.63) is 381 Å². The lowest BCUT2D eigenvalue weighted by molar-refractivity contribution is 0.591. The summed E-state index contributed by atoms with van der Waals surface area (Å²) in [6.07, 6.45) is 5.76. The van der Waals surface area contributed by atoms with Crippen molar-refractivity contribution >= 4 is 163 Å². The molecule has 0 aliphatic carbocycles. The summed E-state index contributed by atoms with van der Waals surface area (Å²) in [6.45, 7) is 13.5. The summed E-state index contributed by atoms with van der Waals surface area (Å²) >= 11 is 0. The molecule has 0 bridgehead atoms. The molecule has 0 aliphatic heterocycles. The van der Waals surface area contributed by atoms with Gasteiger partial charge >= 0.3 is 0 Å². The Bertz CT molecular complexity index is 8190. The second-order valence-electron chi connectivity index (χ2n) is 32.8. The number of hydrogen-bond acceptors (Lipinski definition) is 6. The van der Waals surface area contributed by atoms with E-state index in [-0.39, 0.29) is 5.41 Å². The van der Waals surface area contributed by atoms with Crippen molar-refractivity contribution in [2.24, 2.45) is 0 Å². The highest BCUT2D eigenvalue weighted by Crippen LogP contribution is 2.43. The van der Waals surface area contributed by atoms with Crippen LogP contribution in [-0.2, 0) is 5.41 Å². The molecule has 0 radical (unpaired) electrons. The minimum absolute atomic E-state index is 0.0849. The number of aromatic nitrogens is 9. The van der Waals surface area contributed by atoms with Crippen LogP contribution in [0.5, 0.6) is 0 Å². The van der Waals surface area contributed by atoms with Gasteiger partial charge in [-0.05, 0) is 153 Å². The Kier molecular flexibility index (Phi) is 16.7. The van der Waals surface area contributed by atoms with Crippen molar-refractivity contribution in [1.82, 2.24) is 43.6 Å². The second kappa shape index (κ2) is 28.1. The molecule has 0 amide bonds. The lowest BCUT2D eigenvalue weighted by Crippen LogP contribution is -2.10. The molecule has 6 heterocycles. The maximum Gasteiger partial charge on any atom is 0.0979 e. The van der Waals surface area contributed by atoms with Crippen LogP contribution in [0.2, 0.25) is 0 Å². The second-order valence-corrected chi connectivity index (χ2v) is 32.8. The van der Waals surface area contributed by atoms with E-state index >= 15 is 0 Å². The Hall–Kier alpha value is -15.1. The minimum atomic E-state index is 0.0849. The third-order valence-electron chi connectivity index (χ3n) is 24.2. The lowest BCUT2D eigenvalue weighted by atomic mass is 9.86. The molecule has 9 heteroatoms. The van der Waals surface area contributed by atoms with Crippen LogP contribution in [0, 0.1) is 6.92 Å². The molecule has 24 rings (SSSR count). The molecule has 0 spiro atoms. The van der Waals surface area contributed by atoms with Gasteiger partial charge in [0.1, 0.15) is 0 Å². The van der Waals surface area contributed by atoms with Gasteiger partial charge in [-0.2, -0.15) is 0 Å². The van der Waals surface area contributed by atoms with Crippen LogP contribution in [0.15, 0.2) is 364 Å². The Morgan fingerprint density at radius 1 is 0.235 bits per heavy atom. The van der Waals surface area contributed by atoms with Crippen molar-refractivity contribution in [3.8, 4) is 50.8 Å². The topological polar surface area (TPSA) is 92.1 Å². The van der Waals surface area contributed by atoms with Crippen LogP contribution >= 0.6 is 0 Å². The predicted molar refractivity (Wildman–Crippen MR) is 501 cm³/mol. The molecular formula is C110H79N9. The van der Waals surface area contributed by atoms with Crippen molar-refractivity contribution in [3.63, 3.8) is 0 Å². The zero-order valence-electron chi connectivity index (χ0n) is 66.7. The van der Waals surface area contributed by atoms with E-state index in [0.717, 1.165) is 116 Å². The first-order valence-corrected chi connectivity index (χ1v) is 41.0. The van der Waals surface area contributed by atoms with E-state index in [1.165, 1.54) is 114 Å². The number of para-hydroxylation sites is 3. The molecule has 18 aromatic carbocycles. The van der Waals surface area contributed by atoms with Crippen LogP contribution in [0.25, 0.3) is 214 Å². The van der Waals surface area contributed by atoms with E-state index in [0.29, 0.717) is 5.92 Å². The molecule has 0 fully saturated rings. The van der Waals surface area contributed by atoms with Gasteiger partial charge in [-0.25, -0.2) is 15.0 Å².